The number of nitrogens with zero attached hydrogens (tertiary/aromatic N) is 1. The third-order valence-corrected chi connectivity index (χ3v) is 3.57. The first-order valence-electron chi connectivity index (χ1n) is 5.92. The molecule has 0 saturated carbocycles. The van der Waals surface area contributed by atoms with Gasteiger partial charge in [-0.3, -0.25) is 19.8 Å². The zero-order chi connectivity index (χ0) is 13.1. The highest BCUT2D eigenvalue weighted by atomic mass is 79.9. The molecule has 96 valence electrons. The average molecular weight is 311 g/mol. The van der Waals surface area contributed by atoms with Crippen LogP contribution in [0.1, 0.15) is 18.9 Å². The quantitative estimate of drug-likeness (QED) is 0.864. The molecule has 1 heterocycles. The molecule has 1 unspecified atom stereocenters. The summed E-state index contributed by atoms with van der Waals surface area (Å²) < 4.78 is 1.02. The lowest BCUT2D eigenvalue weighted by Crippen LogP contribution is -2.57. The van der Waals surface area contributed by atoms with Crippen LogP contribution >= 0.6 is 15.9 Å². The fourth-order valence-electron chi connectivity index (χ4n) is 2.15. The second kappa shape index (κ2) is 5.63. The molecule has 1 N–H and O–H groups in total. The van der Waals surface area contributed by atoms with Crippen LogP contribution in [0.25, 0.3) is 0 Å². The summed E-state index contributed by atoms with van der Waals surface area (Å²) in [5.74, 6) is -0.410. The van der Waals surface area contributed by atoms with Crippen LogP contribution in [0.2, 0.25) is 0 Å². The predicted octanol–water partition coefficient (Wildman–Crippen LogP) is 1.69. The van der Waals surface area contributed by atoms with Crippen molar-refractivity contribution in [2.75, 3.05) is 6.54 Å². The van der Waals surface area contributed by atoms with Crippen LogP contribution in [-0.4, -0.2) is 29.3 Å². The summed E-state index contributed by atoms with van der Waals surface area (Å²) in [6.45, 7) is 2.85. The third kappa shape index (κ3) is 2.97. The average Bonchev–Trinajstić information content (AvgIpc) is 2.32. The van der Waals surface area contributed by atoms with Crippen molar-refractivity contribution in [2.24, 2.45) is 0 Å². The van der Waals surface area contributed by atoms with Crippen molar-refractivity contribution in [3.8, 4) is 0 Å². The molecule has 0 bridgehead atoms. The molecular weight excluding hydrogens is 296 g/mol. The number of amides is 2. The van der Waals surface area contributed by atoms with Gasteiger partial charge in [-0.1, -0.05) is 35.0 Å². The highest BCUT2D eigenvalue weighted by Gasteiger charge is 2.32. The molecule has 18 heavy (non-hydrogen) atoms. The highest BCUT2D eigenvalue weighted by molar-refractivity contribution is 9.10. The Morgan fingerprint density at radius 1 is 1.33 bits per heavy atom. The normalized spacial score (nSPS) is 20.9. The van der Waals surface area contributed by atoms with E-state index in [1.165, 1.54) is 0 Å². The molecule has 2 amide bonds. The van der Waals surface area contributed by atoms with Crippen LogP contribution in [0.3, 0.4) is 0 Å². The van der Waals surface area contributed by atoms with E-state index in [-0.39, 0.29) is 24.4 Å². The van der Waals surface area contributed by atoms with Crippen molar-refractivity contribution in [3.63, 3.8) is 0 Å². The first-order chi connectivity index (χ1) is 8.60. The standard InChI is InChI=1S/C13H15BrN2O2/c1-2-11-13(18)15-12(17)8-16(11)7-9-3-5-10(14)6-4-9/h3-6,11H,2,7-8H2,1H3,(H,15,17,18). The monoisotopic (exact) mass is 310 g/mol. The fraction of sp³-hybridized carbons (Fsp3) is 0.385. The Labute approximate surface area is 114 Å². The minimum Gasteiger partial charge on any atom is -0.294 e. The Morgan fingerprint density at radius 3 is 2.61 bits per heavy atom. The van der Waals surface area contributed by atoms with Gasteiger partial charge in [0.05, 0.1) is 12.6 Å². The zero-order valence-electron chi connectivity index (χ0n) is 10.1. The number of benzene rings is 1. The molecule has 1 aromatic rings. The van der Waals surface area contributed by atoms with Gasteiger partial charge in [0.25, 0.3) is 0 Å². The van der Waals surface area contributed by atoms with Crippen LogP contribution in [-0.2, 0) is 16.1 Å². The van der Waals surface area contributed by atoms with Gasteiger partial charge >= 0.3 is 0 Å². The molecule has 1 saturated heterocycles. The number of nitrogens with one attached hydrogen (secondary N) is 1. The third-order valence-electron chi connectivity index (χ3n) is 3.04. The Balaban J connectivity index is 2.12. The van der Waals surface area contributed by atoms with E-state index in [0.29, 0.717) is 13.0 Å². The number of halogens is 1. The number of hydrogen-bond acceptors (Lipinski definition) is 3. The van der Waals surface area contributed by atoms with Crippen molar-refractivity contribution in [3.05, 3.63) is 34.3 Å². The van der Waals surface area contributed by atoms with Crippen molar-refractivity contribution >= 4 is 27.7 Å². The second-order valence-electron chi connectivity index (χ2n) is 4.37. The Morgan fingerprint density at radius 2 is 2.00 bits per heavy atom. The van der Waals surface area contributed by atoms with Gasteiger partial charge in [-0.15, -0.1) is 0 Å². The lowest BCUT2D eigenvalue weighted by molar-refractivity contribution is -0.140. The summed E-state index contributed by atoms with van der Waals surface area (Å²) in [7, 11) is 0. The van der Waals surface area contributed by atoms with E-state index in [1.807, 2.05) is 36.1 Å². The second-order valence-corrected chi connectivity index (χ2v) is 5.28. The van der Waals surface area contributed by atoms with E-state index < -0.39 is 0 Å². The van der Waals surface area contributed by atoms with Crippen LogP contribution in [0, 0.1) is 0 Å². The van der Waals surface area contributed by atoms with E-state index in [9.17, 15) is 9.59 Å². The molecule has 0 radical (unpaired) electrons. The van der Waals surface area contributed by atoms with Crippen molar-refractivity contribution in [1.29, 1.82) is 0 Å². The SMILES string of the molecule is CCC1C(=O)NC(=O)CN1Cc1ccc(Br)cc1. The van der Waals surface area contributed by atoms with Gasteiger partial charge in [0, 0.05) is 11.0 Å². The molecule has 2 rings (SSSR count). The van der Waals surface area contributed by atoms with Crippen LogP contribution in [0.15, 0.2) is 28.7 Å². The summed E-state index contributed by atoms with van der Waals surface area (Å²) in [6, 6.07) is 7.69. The summed E-state index contributed by atoms with van der Waals surface area (Å²) in [4.78, 5) is 25.0. The van der Waals surface area contributed by atoms with Gasteiger partial charge in [-0.25, -0.2) is 0 Å². The first kappa shape index (κ1) is 13.2. The van der Waals surface area contributed by atoms with Crippen LogP contribution < -0.4 is 5.32 Å². The number of carbonyl (C=O) groups excluding carboxylic acids is 2. The van der Waals surface area contributed by atoms with Crippen LogP contribution in [0.4, 0.5) is 0 Å². The molecule has 1 aliphatic rings. The van der Waals surface area contributed by atoms with Gasteiger partial charge in [0.1, 0.15) is 0 Å². The minimum atomic E-state index is -0.221. The lowest BCUT2D eigenvalue weighted by Gasteiger charge is -2.33. The molecule has 0 aliphatic carbocycles. The minimum absolute atomic E-state index is 0.189. The predicted molar refractivity (Wildman–Crippen MR) is 71.8 cm³/mol. The fourth-order valence-corrected chi connectivity index (χ4v) is 2.42. The molecule has 0 aromatic heterocycles. The number of carbonyl (C=O) groups is 2. The molecule has 0 spiro atoms. The Kier molecular flexibility index (Phi) is 4.14. The summed E-state index contributed by atoms with van der Waals surface area (Å²) in [6.07, 6.45) is 0.704. The van der Waals surface area contributed by atoms with Gasteiger partial charge in [-0.2, -0.15) is 0 Å². The molecule has 1 aromatic carbocycles. The molecule has 4 nitrogen and oxygen atoms in total. The van der Waals surface area contributed by atoms with Gasteiger partial charge < -0.3 is 0 Å². The molecule has 1 atom stereocenters. The Hall–Kier alpha value is -1.20. The smallest absolute Gasteiger partial charge is 0.243 e. The van der Waals surface area contributed by atoms with E-state index >= 15 is 0 Å². The van der Waals surface area contributed by atoms with Gasteiger partial charge in [-0.05, 0) is 24.1 Å². The summed E-state index contributed by atoms with van der Waals surface area (Å²) >= 11 is 3.38. The van der Waals surface area contributed by atoms with Crippen LogP contribution in [0.5, 0.6) is 0 Å². The number of piperazine rings is 1. The first-order valence-corrected chi connectivity index (χ1v) is 6.71. The van der Waals surface area contributed by atoms with Gasteiger partial charge in [0.2, 0.25) is 11.8 Å². The van der Waals surface area contributed by atoms with Crippen molar-refractivity contribution in [1.82, 2.24) is 10.2 Å². The Bertz CT molecular complexity index is 459. The summed E-state index contributed by atoms with van der Waals surface area (Å²) in [5, 5.41) is 2.38. The highest BCUT2D eigenvalue weighted by Crippen LogP contribution is 2.16. The maximum Gasteiger partial charge on any atom is 0.243 e. The molecule has 1 fully saturated rings. The molecule has 1 aliphatic heterocycles. The number of rotatable bonds is 3. The largest absolute Gasteiger partial charge is 0.294 e. The number of hydrogen-bond donors (Lipinski definition) is 1. The van der Waals surface area contributed by atoms with E-state index in [0.717, 1.165) is 10.0 Å². The number of imide groups is 1. The lowest BCUT2D eigenvalue weighted by atomic mass is 10.1. The van der Waals surface area contributed by atoms with Crippen molar-refractivity contribution < 1.29 is 9.59 Å². The maximum atomic E-state index is 11.7. The van der Waals surface area contributed by atoms with E-state index in [4.69, 9.17) is 0 Å². The van der Waals surface area contributed by atoms with E-state index in [1.54, 1.807) is 0 Å². The zero-order valence-corrected chi connectivity index (χ0v) is 11.7. The van der Waals surface area contributed by atoms with E-state index in [2.05, 4.69) is 21.2 Å². The van der Waals surface area contributed by atoms with Crippen molar-refractivity contribution in [2.45, 2.75) is 25.9 Å². The van der Waals surface area contributed by atoms with Gasteiger partial charge in [0.15, 0.2) is 0 Å². The topological polar surface area (TPSA) is 49.4 Å². The summed E-state index contributed by atoms with van der Waals surface area (Å²) in [5.41, 5.74) is 1.10. The maximum absolute atomic E-state index is 11.7. The molecule has 5 heteroatoms. The molecular formula is C13H15BrN2O2.